The summed E-state index contributed by atoms with van der Waals surface area (Å²) >= 11 is 19.3. The Bertz CT molecular complexity index is 953. The fraction of sp³-hybridized carbons (Fsp3) is 0. The van der Waals surface area contributed by atoms with E-state index >= 15 is 0 Å². The van der Waals surface area contributed by atoms with Crippen LogP contribution in [0.15, 0.2) is 53.9 Å². The van der Waals surface area contributed by atoms with Gasteiger partial charge >= 0.3 is 0 Å². The molecule has 0 spiro atoms. The van der Waals surface area contributed by atoms with Gasteiger partial charge in [0.15, 0.2) is 5.13 Å². The number of nitrogens with zero attached hydrogens (tertiary/aromatic N) is 1. The van der Waals surface area contributed by atoms with E-state index in [1.165, 1.54) is 17.4 Å². The van der Waals surface area contributed by atoms with Crippen LogP contribution in [0.2, 0.25) is 15.1 Å². The number of rotatable bonds is 4. The monoisotopic (exact) mass is 408 g/mol. The van der Waals surface area contributed by atoms with E-state index in [4.69, 9.17) is 34.8 Å². The lowest BCUT2D eigenvalue weighted by molar-refractivity contribution is -0.111. The maximum atomic E-state index is 12.0. The maximum absolute atomic E-state index is 12.0. The number of hydrogen-bond donors (Lipinski definition) is 1. The first kappa shape index (κ1) is 18.0. The molecular weight excluding hydrogens is 399 g/mol. The van der Waals surface area contributed by atoms with Gasteiger partial charge < -0.3 is 0 Å². The molecule has 7 heteroatoms. The minimum absolute atomic E-state index is 0.282. The molecule has 1 amide bonds. The summed E-state index contributed by atoms with van der Waals surface area (Å²) in [7, 11) is 0. The molecule has 0 aliphatic carbocycles. The predicted molar refractivity (Wildman–Crippen MR) is 107 cm³/mol. The summed E-state index contributed by atoms with van der Waals surface area (Å²) in [6.07, 6.45) is 3.08. The van der Waals surface area contributed by atoms with E-state index in [0.29, 0.717) is 25.9 Å². The van der Waals surface area contributed by atoms with Crippen molar-refractivity contribution in [2.45, 2.75) is 0 Å². The number of carbonyl (C=O) groups excluding carboxylic acids is 1. The molecule has 0 bridgehead atoms. The lowest BCUT2D eigenvalue weighted by atomic mass is 10.2. The van der Waals surface area contributed by atoms with E-state index in [9.17, 15) is 4.79 Å². The first-order valence-electron chi connectivity index (χ1n) is 7.17. The number of carbonyl (C=O) groups is 1. The molecule has 0 radical (unpaired) electrons. The fourth-order valence-electron chi connectivity index (χ4n) is 2.04. The number of hydrogen-bond acceptors (Lipinski definition) is 3. The van der Waals surface area contributed by atoms with Crippen molar-refractivity contribution in [1.82, 2.24) is 4.98 Å². The third-order valence-corrected chi connectivity index (χ3v) is 5.11. The minimum atomic E-state index is -0.282. The van der Waals surface area contributed by atoms with Crippen LogP contribution in [0.4, 0.5) is 5.13 Å². The lowest BCUT2D eigenvalue weighted by Gasteiger charge is -2.00. The number of anilines is 1. The van der Waals surface area contributed by atoms with Gasteiger partial charge in [-0.05, 0) is 29.8 Å². The number of amides is 1. The summed E-state index contributed by atoms with van der Waals surface area (Å²) < 4.78 is 0. The van der Waals surface area contributed by atoms with Crippen molar-refractivity contribution in [3.8, 4) is 11.3 Å². The Morgan fingerprint density at radius 2 is 1.84 bits per heavy atom. The Hall–Kier alpha value is -1.85. The summed E-state index contributed by atoms with van der Waals surface area (Å²) in [5.74, 6) is -0.282. The number of nitrogens with one attached hydrogen (secondary N) is 1. The van der Waals surface area contributed by atoms with E-state index in [0.717, 1.165) is 11.1 Å². The van der Waals surface area contributed by atoms with Crippen LogP contribution in [0, 0.1) is 0 Å². The highest BCUT2D eigenvalue weighted by Gasteiger charge is 2.08. The van der Waals surface area contributed by atoms with Crippen LogP contribution in [-0.4, -0.2) is 10.9 Å². The van der Waals surface area contributed by atoms with Crippen LogP contribution in [0.25, 0.3) is 17.3 Å². The zero-order chi connectivity index (χ0) is 17.8. The molecular formula is C18H11Cl3N2OS. The van der Waals surface area contributed by atoms with Crippen LogP contribution >= 0.6 is 46.1 Å². The highest BCUT2D eigenvalue weighted by molar-refractivity contribution is 7.14. The first-order valence-corrected chi connectivity index (χ1v) is 9.19. The molecule has 0 atom stereocenters. The molecule has 0 unspecified atom stereocenters. The quantitative estimate of drug-likeness (QED) is 0.505. The molecule has 1 aromatic heterocycles. The molecule has 3 rings (SSSR count). The summed E-state index contributed by atoms with van der Waals surface area (Å²) in [5.41, 5.74) is 2.32. The SMILES string of the molecule is O=C(C=Cc1ccccc1Cl)Nc1nc(-c2ccc(Cl)c(Cl)c2)cs1. The van der Waals surface area contributed by atoms with Gasteiger partial charge in [-0.3, -0.25) is 10.1 Å². The van der Waals surface area contributed by atoms with Gasteiger partial charge in [-0.2, -0.15) is 0 Å². The van der Waals surface area contributed by atoms with Gasteiger partial charge in [-0.15, -0.1) is 11.3 Å². The fourth-order valence-corrected chi connectivity index (χ4v) is 3.26. The second-order valence-electron chi connectivity index (χ2n) is 5.01. The number of benzene rings is 2. The molecule has 0 aliphatic heterocycles. The lowest BCUT2D eigenvalue weighted by Crippen LogP contribution is -2.07. The zero-order valence-corrected chi connectivity index (χ0v) is 15.8. The Balaban J connectivity index is 1.69. The van der Waals surface area contributed by atoms with Crippen molar-refractivity contribution < 1.29 is 4.79 Å². The number of halogens is 3. The molecule has 0 aliphatic rings. The van der Waals surface area contributed by atoms with E-state index in [1.54, 1.807) is 24.3 Å². The van der Waals surface area contributed by atoms with Crippen molar-refractivity contribution in [3.63, 3.8) is 0 Å². The Morgan fingerprint density at radius 1 is 1.04 bits per heavy atom. The smallest absolute Gasteiger partial charge is 0.250 e. The van der Waals surface area contributed by atoms with Crippen LogP contribution in [0.1, 0.15) is 5.56 Å². The van der Waals surface area contributed by atoms with E-state index < -0.39 is 0 Å². The van der Waals surface area contributed by atoms with E-state index in [-0.39, 0.29) is 5.91 Å². The van der Waals surface area contributed by atoms with Gasteiger partial charge in [0.25, 0.3) is 0 Å². The molecule has 3 aromatic rings. The van der Waals surface area contributed by atoms with E-state index in [1.807, 2.05) is 29.6 Å². The highest BCUT2D eigenvalue weighted by atomic mass is 35.5. The third kappa shape index (κ3) is 4.61. The van der Waals surface area contributed by atoms with Gasteiger partial charge in [0.2, 0.25) is 5.91 Å². The second kappa shape index (κ2) is 8.02. The second-order valence-corrected chi connectivity index (χ2v) is 7.09. The first-order chi connectivity index (χ1) is 12.0. The van der Waals surface area contributed by atoms with Crippen molar-refractivity contribution >= 4 is 63.3 Å². The highest BCUT2D eigenvalue weighted by Crippen LogP contribution is 2.30. The molecule has 0 fully saturated rings. The Morgan fingerprint density at radius 3 is 2.60 bits per heavy atom. The van der Waals surface area contributed by atoms with Crippen LogP contribution in [0.5, 0.6) is 0 Å². The third-order valence-electron chi connectivity index (χ3n) is 3.27. The molecule has 25 heavy (non-hydrogen) atoms. The van der Waals surface area contributed by atoms with Crippen LogP contribution in [-0.2, 0) is 4.79 Å². The molecule has 2 aromatic carbocycles. The Labute approximate surface area is 163 Å². The van der Waals surface area contributed by atoms with Crippen molar-refractivity contribution in [3.05, 3.63) is 74.6 Å². The summed E-state index contributed by atoms with van der Waals surface area (Å²) in [6.45, 7) is 0. The van der Waals surface area contributed by atoms with Crippen molar-refractivity contribution in [2.75, 3.05) is 5.32 Å². The van der Waals surface area contributed by atoms with Crippen molar-refractivity contribution in [1.29, 1.82) is 0 Å². The van der Waals surface area contributed by atoms with Gasteiger partial charge in [0.1, 0.15) is 0 Å². The zero-order valence-electron chi connectivity index (χ0n) is 12.7. The Kier molecular flexibility index (Phi) is 5.76. The van der Waals surface area contributed by atoms with Crippen LogP contribution < -0.4 is 5.32 Å². The van der Waals surface area contributed by atoms with Crippen molar-refractivity contribution in [2.24, 2.45) is 0 Å². The molecule has 3 nitrogen and oxygen atoms in total. The van der Waals surface area contributed by atoms with Gasteiger partial charge in [-0.25, -0.2) is 4.98 Å². The summed E-state index contributed by atoms with van der Waals surface area (Å²) in [5, 5.41) is 6.59. The minimum Gasteiger partial charge on any atom is -0.298 e. The molecule has 1 N–H and O–H groups in total. The van der Waals surface area contributed by atoms with Gasteiger partial charge in [-0.1, -0.05) is 59.1 Å². The average molecular weight is 410 g/mol. The van der Waals surface area contributed by atoms with E-state index in [2.05, 4.69) is 10.3 Å². The van der Waals surface area contributed by atoms with Gasteiger partial charge in [0.05, 0.1) is 15.7 Å². The normalized spacial score (nSPS) is 11.0. The standard InChI is InChI=1S/C18H11Cl3N2OS/c19-13-4-2-1-3-11(13)6-8-17(24)23-18-22-16(10-25-18)12-5-7-14(20)15(21)9-12/h1-10H,(H,22,23,24). The largest absolute Gasteiger partial charge is 0.298 e. The summed E-state index contributed by atoms with van der Waals surface area (Å²) in [4.78, 5) is 16.4. The topological polar surface area (TPSA) is 42.0 Å². The average Bonchev–Trinajstić information content (AvgIpc) is 3.05. The molecule has 126 valence electrons. The predicted octanol–water partition coefficient (Wildman–Crippen LogP) is 6.42. The molecule has 1 heterocycles. The molecule has 0 saturated heterocycles. The molecule has 0 saturated carbocycles. The van der Waals surface area contributed by atoms with Gasteiger partial charge in [0, 0.05) is 22.0 Å². The van der Waals surface area contributed by atoms with Crippen LogP contribution in [0.3, 0.4) is 0 Å². The maximum Gasteiger partial charge on any atom is 0.250 e. The number of aromatic nitrogens is 1. The summed E-state index contributed by atoms with van der Waals surface area (Å²) in [6, 6.07) is 12.6. The number of thiazole rings is 1.